The van der Waals surface area contributed by atoms with E-state index in [1.807, 2.05) is 0 Å². The summed E-state index contributed by atoms with van der Waals surface area (Å²) in [7, 11) is 0. The number of carbonyl (C=O) groups is 3. The quantitative estimate of drug-likeness (QED) is 0.579. The average molecular weight is 258 g/mol. The highest BCUT2D eigenvalue weighted by Crippen LogP contribution is 2.23. The maximum atomic E-state index is 11.4. The third-order valence-electron chi connectivity index (χ3n) is 2.95. The van der Waals surface area contributed by atoms with Crippen molar-refractivity contribution in [2.24, 2.45) is 11.7 Å². The molecule has 0 radical (unpaired) electrons. The second kappa shape index (κ2) is 6.95. The number of nitrogens with two attached hydrogens (primary N) is 1. The molecule has 2 amide bonds. The molecule has 0 aliphatic heterocycles. The molecule has 0 unspecified atom stereocenters. The number of aliphatic carboxylic acids is 1. The lowest BCUT2D eigenvalue weighted by molar-refractivity contribution is -0.143. The van der Waals surface area contributed by atoms with E-state index >= 15 is 0 Å². The van der Waals surface area contributed by atoms with Crippen LogP contribution >= 0.6 is 0 Å². The summed E-state index contributed by atoms with van der Waals surface area (Å²) >= 11 is 0. The van der Waals surface area contributed by atoms with Crippen LogP contribution in [0.1, 0.15) is 25.7 Å². The van der Waals surface area contributed by atoms with Crippen molar-refractivity contribution >= 4 is 17.8 Å². The van der Waals surface area contributed by atoms with Gasteiger partial charge in [-0.1, -0.05) is 0 Å². The van der Waals surface area contributed by atoms with Crippen molar-refractivity contribution in [3.05, 3.63) is 0 Å². The number of carboxylic acids is 1. The fraction of sp³-hybridized carbons (Fsp3) is 0.727. The molecule has 7 heteroatoms. The molecule has 1 aliphatic carbocycles. The molecular weight excluding hydrogens is 240 g/mol. The maximum Gasteiger partial charge on any atom is 0.329 e. The molecular formula is C11H18N2O5. The molecule has 0 aromatic rings. The summed E-state index contributed by atoms with van der Waals surface area (Å²) < 4.78 is 4.67. The molecule has 102 valence electrons. The second-order valence-electron chi connectivity index (χ2n) is 4.40. The van der Waals surface area contributed by atoms with Crippen LogP contribution in [0.5, 0.6) is 0 Å². The molecule has 1 aliphatic rings. The molecule has 0 aromatic carbocycles. The van der Waals surface area contributed by atoms with Crippen LogP contribution in [0.3, 0.4) is 0 Å². The zero-order valence-electron chi connectivity index (χ0n) is 10.1. The average Bonchev–Trinajstić information content (AvgIpc) is 2.29. The Kier molecular flexibility index (Phi) is 5.57. The van der Waals surface area contributed by atoms with Crippen molar-refractivity contribution in [3.63, 3.8) is 0 Å². The third-order valence-corrected chi connectivity index (χ3v) is 2.95. The lowest BCUT2D eigenvalue weighted by Crippen LogP contribution is -2.41. The predicted molar refractivity (Wildman–Crippen MR) is 61.5 cm³/mol. The van der Waals surface area contributed by atoms with Crippen molar-refractivity contribution in [3.8, 4) is 0 Å². The Morgan fingerprint density at radius 3 is 2.28 bits per heavy atom. The maximum absolute atomic E-state index is 11.4. The standard InChI is InChI=1S/C11H18N2O5/c12-11(17)7-1-3-8(4-2-7)13-9(14)5-18-6-10(15)16/h7-8H,1-6H2,(H2,12,17)(H,13,14)(H,15,16). The molecule has 0 aromatic heterocycles. The Morgan fingerprint density at radius 2 is 1.78 bits per heavy atom. The number of hydrogen-bond acceptors (Lipinski definition) is 4. The summed E-state index contributed by atoms with van der Waals surface area (Å²) in [5.74, 6) is -1.82. The van der Waals surface area contributed by atoms with Gasteiger partial charge in [-0.25, -0.2) is 4.79 Å². The van der Waals surface area contributed by atoms with Gasteiger partial charge in [0.2, 0.25) is 11.8 Å². The Balaban J connectivity index is 2.18. The molecule has 7 nitrogen and oxygen atoms in total. The summed E-state index contributed by atoms with van der Waals surface area (Å²) in [4.78, 5) is 32.5. The van der Waals surface area contributed by atoms with E-state index in [1.165, 1.54) is 0 Å². The SMILES string of the molecule is NC(=O)C1CCC(NC(=O)COCC(=O)O)CC1. The highest BCUT2D eigenvalue weighted by molar-refractivity contribution is 5.78. The zero-order chi connectivity index (χ0) is 13.5. The third kappa shape index (κ3) is 5.13. The summed E-state index contributed by atoms with van der Waals surface area (Å²) in [6.07, 6.45) is 2.77. The fourth-order valence-corrected chi connectivity index (χ4v) is 2.02. The number of amides is 2. The number of rotatable bonds is 6. The van der Waals surface area contributed by atoms with E-state index in [2.05, 4.69) is 10.1 Å². The van der Waals surface area contributed by atoms with Gasteiger partial charge >= 0.3 is 5.97 Å². The van der Waals surface area contributed by atoms with Crippen molar-refractivity contribution in [1.82, 2.24) is 5.32 Å². The smallest absolute Gasteiger partial charge is 0.329 e. The van der Waals surface area contributed by atoms with Crippen LogP contribution in [0.4, 0.5) is 0 Å². The lowest BCUT2D eigenvalue weighted by atomic mass is 9.85. The molecule has 18 heavy (non-hydrogen) atoms. The first-order valence-electron chi connectivity index (χ1n) is 5.87. The molecule has 0 atom stereocenters. The Bertz CT molecular complexity index is 323. The molecule has 0 saturated heterocycles. The van der Waals surface area contributed by atoms with Crippen molar-refractivity contribution in [1.29, 1.82) is 0 Å². The number of nitrogens with one attached hydrogen (secondary N) is 1. The van der Waals surface area contributed by atoms with Crippen molar-refractivity contribution in [2.45, 2.75) is 31.7 Å². The van der Waals surface area contributed by atoms with Gasteiger partial charge in [-0.05, 0) is 25.7 Å². The topological polar surface area (TPSA) is 119 Å². The molecule has 1 saturated carbocycles. The van der Waals surface area contributed by atoms with Gasteiger partial charge < -0.3 is 20.9 Å². The van der Waals surface area contributed by atoms with Gasteiger partial charge in [0.1, 0.15) is 13.2 Å². The molecule has 1 fully saturated rings. The van der Waals surface area contributed by atoms with Gasteiger partial charge in [0, 0.05) is 12.0 Å². The molecule has 4 N–H and O–H groups in total. The minimum Gasteiger partial charge on any atom is -0.480 e. The van der Waals surface area contributed by atoms with Crippen LogP contribution in [0, 0.1) is 5.92 Å². The van der Waals surface area contributed by atoms with E-state index < -0.39 is 12.6 Å². The first-order valence-corrected chi connectivity index (χ1v) is 5.87. The Morgan fingerprint density at radius 1 is 1.17 bits per heavy atom. The predicted octanol–water partition coefficient (Wildman–Crippen LogP) is -0.752. The van der Waals surface area contributed by atoms with Gasteiger partial charge in [-0.15, -0.1) is 0 Å². The Labute approximate surface area is 105 Å². The van der Waals surface area contributed by atoms with Crippen LogP contribution < -0.4 is 11.1 Å². The first kappa shape index (κ1) is 14.4. The number of carboxylic acid groups (broad SMARTS) is 1. The number of carbonyl (C=O) groups excluding carboxylic acids is 2. The van der Waals surface area contributed by atoms with Gasteiger partial charge in [0.25, 0.3) is 0 Å². The van der Waals surface area contributed by atoms with Crippen LogP contribution in [0.25, 0.3) is 0 Å². The minimum atomic E-state index is -1.11. The van der Waals surface area contributed by atoms with Crippen LogP contribution in [-0.4, -0.2) is 42.1 Å². The van der Waals surface area contributed by atoms with Gasteiger partial charge in [0.05, 0.1) is 0 Å². The summed E-state index contributed by atoms with van der Waals surface area (Å²) in [5, 5.41) is 11.1. The molecule has 0 bridgehead atoms. The monoisotopic (exact) mass is 258 g/mol. The second-order valence-corrected chi connectivity index (χ2v) is 4.40. The number of hydrogen-bond donors (Lipinski definition) is 3. The van der Waals surface area contributed by atoms with E-state index in [0.717, 1.165) is 0 Å². The van der Waals surface area contributed by atoms with E-state index in [0.29, 0.717) is 25.7 Å². The lowest BCUT2D eigenvalue weighted by Gasteiger charge is -2.27. The first-order chi connectivity index (χ1) is 8.49. The van der Waals surface area contributed by atoms with E-state index in [4.69, 9.17) is 10.8 Å². The number of primary amides is 1. The summed E-state index contributed by atoms with van der Waals surface area (Å²) in [5.41, 5.74) is 5.21. The van der Waals surface area contributed by atoms with Gasteiger partial charge in [0.15, 0.2) is 0 Å². The number of ether oxygens (including phenoxy) is 1. The highest BCUT2D eigenvalue weighted by Gasteiger charge is 2.25. The molecule has 0 spiro atoms. The fourth-order valence-electron chi connectivity index (χ4n) is 2.02. The van der Waals surface area contributed by atoms with Gasteiger partial charge in [-0.3, -0.25) is 9.59 Å². The van der Waals surface area contributed by atoms with Crippen molar-refractivity contribution < 1.29 is 24.2 Å². The summed E-state index contributed by atoms with van der Waals surface area (Å²) in [6.45, 7) is -0.746. The van der Waals surface area contributed by atoms with Crippen molar-refractivity contribution in [2.75, 3.05) is 13.2 Å². The highest BCUT2D eigenvalue weighted by atomic mass is 16.5. The van der Waals surface area contributed by atoms with Gasteiger partial charge in [-0.2, -0.15) is 0 Å². The summed E-state index contributed by atoms with van der Waals surface area (Å²) in [6, 6.07) is 0.0153. The van der Waals surface area contributed by atoms with Crippen LogP contribution in [-0.2, 0) is 19.1 Å². The largest absolute Gasteiger partial charge is 0.480 e. The van der Waals surface area contributed by atoms with Crippen LogP contribution in [0.2, 0.25) is 0 Å². The van der Waals surface area contributed by atoms with E-state index in [-0.39, 0.29) is 30.4 Å². The van der Waals surface area contributed by atoms with E-state index in [1.54, 1.807) is 0 Å². The van der Waals surface area contributed by atoms with E-state index in [9.17, 15) is 14.4 Å². The van der Waals surface area contributed by atoms with Crippen LogP contribution in [0.15, 0.2) is 0 Å². The zero-order valence-corrected chi connectivity index (χ0v) is 10.1. The molecule has 0 heterocycles. The Hall–Kier alpha value is -1.63. The normalized spacial score (nSPS) is 23.3. The minimum absolute atomic E-state index is 0.0153. The molecule has 1 rings (SSSR count).